The Labute approximate surface area is 176 Å². The van der Waals surface area contributed by atoms with Crippen LogP contribution in [0.3, 0.4) is 0 Å². The summed E-state index contributed by atoms with van der Waals surface area (Å²) in [6, 6.07) is 14.9. The minimum atomic E-state index is -4.57. The van der Waals surface area contributed by atoms with Crippen molar-refractivity contribution in [3.05, 3.63) is 77.2 Å². The Morgan fingerprint density at radius 2 is 1.94 bits per heavy atom. The number of nitrogens with zero attached hydrogens (tertiary/aromatic N) is 1. The zero-order valence-electron chi connectivity index (χ0n) is 16.3. The maximum Gasteiger partial charge on any atom is 0.449 e. The average Bonchev–Trinajstić information content (AvgIpc) is 3.46. The summed E-state index contributed by atoms with van der Waals surface area (Å²) in [7, 11) is 0. The molecule has 1 atom stereocenters. The summed E-state index contributed by atoms with van der Waals surface area (Å²) in [4.78, 5) is 14.6. The van der Waals surface area contributed by atoms with Crippen LogP contribution in [-0.2, 0) is 23.9 Å². The molecule has 1 unspecified atom stereocenters. The zero-order chi connectivity index (χ0) is 21.6. The molecule has 0 aliphatic carbocycles. The highest BCUT2D eigenvalue weighted by molar-refractivity contribution is 6.04. The van der Waals surface area contributed by atoms with E-state index in [0.717, 1.165) is 29.4 Å². The van der Waals surface area contributed by atoms with Crippen molar-refractivity contribution in [1.82, 2.24) is 0 Å². The van der Waals surface area contributed by atoms with Gasteiger partial charge in [0.2, 0.25) is 11.7 Å². The fraction of sp³-hybridized carbons (Fsp3) is 0.261. The molecule has 3 aromatic rings. The van der Waals surface area contributed by atoms with Gasteiger partial charge in [0.05, 0.1) is 19.1 Å². The van der Waals surface area contributed by atoms with Gasteiger partial charge in [0.15, 0.2) is 0 Å². The van der Waals surface area contributed by atoms with E-state index >= 15 is 0 Å². The zero-order valence-corrected chi connectivity index (χ0v) is 16.3. The van der Waals surface area contributed by atoms with E-state index in [1.165, 1.54) is 11.0 Å². The molecule has 31 heavy (non-hydrogen) atoms. The molecule has 2 aliphatic heterocycles. The predicted octanol–water partition coefficient (Wildman–Crippen LogP) is 4.94. The van der Waals surface area contributed by atoms with Gasteiger partial charge in [-0.15, -0.1) is 0 Å². The molecular formula is C23H18F3NO4. The van der Waals surface area contributed by atoms with Gasteiger partial charge >= 0.3 is 6.18 Å². The van der Waals surface area contributed by atoms with E-state index in [1.807, 2.05) is 30.3 Å². The van der Waals surface area contributed by atoms with Crippen LogP contribution in [-0.4, -0.2) is 19.1 Å². The van der Waals surface area contributed by atoms with Crippen molar-refractivity contribution >= 4 is 11.6 Å². The second-order valence-corrected chi connectivity index (χ2v) is 7.48. The van der Waals surface area contributed by atoms with Crippen molar-refractivity contribution in [2.45, 2.75) is 25.1 Å². The second kappa shape index (κ2) is 7.37. The van der Waals surface area contributed by atoms with E-state index < -0.39 is 17.9 Å². The third-order valence-electron chi connectivity index (χ3n) is 5.51. The fourth-order valence-corrected chi connectivity index (χ4v) is 3.98. The van der Waals surface area contributed by atoms with Crippen molar-refractivity contribution in [1.29, 1.82) is 0 Å². The van der Waals surface area contributed by atoms with Gasteiger partial charge in [0, 0.05) is 18.2 Å². The molecule has 0 N–H and O–H groups in total. The van der Waals surface area contributed by atoms with Crippen LogP contribution in [0.4, 0.5) is 18.9 Å². The summed E-state index contributed by atoms with van der Waals surface area (Å²) in [5.41, 5.74) is 2.54. The van der Waals surface area contributed by atoms with Crippen LogP contribution >= 0.6 is 0 Å². The van der Waals surface area contributed by atoms with Crippen LogP contribution in [0.2, 0.25) is 0 Å². The van der Waals surface area contributed by atoms with Crippen molar-refractivity contribution < 1.29 is 31.9 Å². The number of hydrogen-bond acceptors (Lipinski definition) is 4. The van der Waals surface area contributed by atoms with Crippen molar-refractivity contribution in [2.75, 3.05) is 18.1 Å². The number of furan rings is 1. The first-order valence-electron chi connectivity index (χ1n) is 9.85. The molecule has 2 aromatic carbocycles. The number of alkyl halides is 3. The summed E-state index contributed by atoms with van der Waals surface area (Å²) in [6.45, 7) is 0.664. The first-order valence-corrected chi connectivity index (χ1v) is 9.85. The number of amides is 1. The third-order valence-corrected chi connectivity index (χ3v) is 5.51. The number of hydrogen-bond donors (Lipinski definition) is 0. The largest absolute Gasteiger partial charge is 0.493 e. The van der Waals surface area contributed by atoms with Crippen LogP contribution < -0.4 is 14.4 Å². The van der Waals surface area contributed by atoms with E-state index in [4.69, 9.17) is 13.9 Å². The molecule has 0 saturated carbocycles. The summed E-state index contributed by atoms with van der Waals surface area (Å²) in [6.07, 6.45) is -3.71. The standard InChI is InChI=1S/C23H18F3NO4/c24-23(25,26)21-8-7-16(31-21)12-27-19-4-2-1-3-17(19)18(22(27)28)13-30-15-6-5-14-9-10-29-20(14)11-15/h1-8,11,18H,9-10,12-13H2. The number of carbonyl (C=O) groups excluding carboxylic acids is 1. The molecule has 3 heterocycles. The Kier molecular flexibility index (Phi) is 4.64. The molecule has 1 aromatic heterocycles. The Balaban J connectivity index is 1.35. The lowest BCUT2D eigenvalue weighted by molar-refractivity contribution is -0.153. The molecule has 0 saturated heterocycles. The number of benzene rings is 2. The molecule has 0 radical (unpaired) electrons. The second-order valence-electron chi connectivity index (χ2n) is 7.48. The Morgan fingerprint density at radius 1 is 1.10 bits per heavy atom. The fourth-order valence-electron chi connectivity index (χ4n) is 3.98. The van der Waals surface area contributed by atoms with E-state index in [-0.39, 0.29) is 24.8 Å². The van der Waals surface area contributed by atoms with Gasteiger partial charge in [0.1, 0.15) is 23.9 Å². The predicted molar refractivity (Wildman–Crippen MR) is 105 cm³/mol. The number of ether oxygens (including phenoxy) is 2. The van der Waals surface area contributed by atoms with E-state index in [0.29, 0.717) is 18.0 Å². The maximum absolute atomic E-state index is 13.1. The maximum atomic E-state index is 13.1. The van der Waals surface area contributed by atoms with E-state index in [1.54, 1.807) is 12.1 Å². The summed E-state index contributed by atoms with van der Waals surface area (Å²) in [5.74, 6) is -0.444. The highest BCUT2D eigenvalue weighted by atomic mass is 19.4. The van der Waals surface area contributed by atoms with Crippen molar-refractivity contribution in [3.8, 4) is 11.5 Å². The lowest BCUT2D eigenvalue weighted by Gasteiger charge is -2.17. The van der Waals surface area contributed by atoms with Gasteiger partial charge in [0.25, 0.3) is 0 Å². The topological polar surface area (TPSA) is 51.9 Å². The lowest BCUT2D eigenvalue weighted by Crippen LogP contribution is -2.30. The number of carbonyl (C=O) groups is 1. The molecule has 160 valence electrons. The van der Waals surface area contributed by atoms with Crippen molar-refractivity contribution in [2.24, 2.45) is 0 Å². The first-order chi connectivity index (χ1) is 14.9. The Bertz CT molecular complexity index is 1140. The molecule has 8 heteroatoms. The smallest absolute Gasteiger partial charge is 0.449 e. The van der Waals surface area contributed by atoms with Gasteiger partial charge in [-0.1, -0.05) is 24.3 Å². The molecule has 5 nitrogen and oxygen atoms in total. The SMILES string of the molecule is O=C1C(COc2ccc3c(c2)OCC3)c2ccccc2N1Cc1ccc(C(F)(F)F)o1. The minimum Gasteiger partial charge on any atom is -0.493 e. The van der Waals surface area contributed by atoms with Gasteiger partial charge in [-0.25, -0.2) is 0 Å². The number of rotatable bonds is 5. The average molecular weight is 429 g/mol. The van der Waals surface area contributed by atoms with Gasteiger partial charge in [-0.2, -0.15) is 13.2 Å². The van der Waals surface area contributed by atoms with Crippen LogP contribution in [0.1, 0.15) is 28.6 Å². The number of para-hydroxylation sites is 1. The molecular weight excluding hydrogens is 411 g/mol. The van der Waals surface area contributed by atoms with E-state index in [2.05, 4.69) is 0 Å². The molecule has 5 rings (SSSR count). The van der Waals surface area contributed by atoms with Crippen LogP contribution in [0.5, 0.6) is 11.5 Å². The Hall–Kier alpha value is -3.42. The Morgan fingerprint density at radius 3 is 2.74 bits per heavy atom. The van der Waals surface area contributed by atoms with E-state index in [9.17, 15) is 18.0 Å². The quantitative estimate of drug-likeness (QED) is 0.576. The van der Waals surface area contributed by atoms with Gasteiger partial charge in [-0.05, 0) is 35.4 Å². The van der Waals surface area contributed by atoms with Gasteiger partial charge in [-0.3, -0.25) is 4.79 Å². The normalized spacial score (nSPS) is 17.5. The molecule has 1 amide bonds. The summed E-state index contributed by atoms with van der Waals surface area (Å²) >= 11 is 0. The minimum absolute atomic E-state index is 0.0628. The number of anilines is 1. The van der Waals surface area contributed by atoms with Crippen LogP contribution in [0, 0.1) is 0 Å². The van der Waals surface area contributed by atoms with Crippen molar-refractivity contribution in [3.63, 3.8) is 0 Å². The third kappa shape index (κ3) is 3.62. The molecule has 0 fully saturated rings. The highest BCUT2D eigenvalue weighted by Crippen LogP contribution is 2.39. The molecule has 0 bridgehead atoms. The molecule has 0 spiro atoms. The highest BCUT2D eigenvalue weighted by Gasteiger charge is 2.39. The summed E-state index contributed by atoms with van der Waals surface area (Å²) < 4.78 is 54.9. The number of halogens is 3. The van der Waals surface area contributed by atoms with Gasteiger partial charge < -0.3 is 18.8 Å². The lowest BCUT2D eigenvalue weighted by atomic mass is 10.0. The summed E-state index contributed by atoms with van der Waals surface area (Å²) in [5, 5.41) is 0. The molecule has 2 aliphatic rings. The monoisotopic (exact) mass is 429 g/mol. The van der Waals surface area contributed by atoms with Crippen LogP contribution in [0.25, 0.3) is 0 Å². The first kappa shape index (κ1) is 19.5. The van der Waals surface area contributed by atoms with Crippen LogP contribution in [0.15, 0.2) is 59.0 Å². The number of fused-ring (bicyclic) bond motifs is 2.